The number of sulfonamides is 1. The minimum Gasteiger partial charge on any atom is -0.497 e. The van der Waals surface area contributed by atoms with Crippen LogP contribution in [-0.2, 0) is 26.2 Å². The van der Waals surface area contributed by atoms with Gasteiger partial charge >= 0.3 is 0 Å². The molecule has 0 saturated carbocycles. The van der Waals surface area contributed by atoms with Crippen LogP contribution in [0.2, 0.25) is 5.02 Å². The average Bonchev–Trinajstić information content (AvgIpc) is 3.00. The fourth-order valence-corrected chi connectivity index (χ4v) is 5.74. The number of carbonyl (C=O) groups excluding carboxylic acids is 2. The van der Waals surface area contributed by atoms with Crippen LogP contribution in [-0.4, -0.2) is 65.6 Å². The second-order valence-electron chi connectivity index (χ2n) is 9.35. The maximum atomic E-state index is 14.1. The molecule has 0 aliphatic heterocycles. The highest BCUT2D eigenvalue weighted by atomic mass is 35.5. The van der Waals surface area contributed by atoms with Crippen molar-refractivity contribution in [3.8, 4) is 17.2 Å². The van der Waals surface area contributed by atoms with Crippen LogP contribution < -0.4 is 23.8 Å². The van der Waals surface area contributed by atoms with E-state index in [0.29, 0.717) is 28.6 Å². The maximum absolute atomic E-state index is 14.1. The number of anilines is 1. The fourth-order valence-electron chi connectivity index (χ4n) is 4.19. The Bertz CT molecular complexity index is 1480. The van der Waals surface area contributed by atoms with E-state index in [-0.39, 0.29) is 28.8 Å². The predicted octanol–water partition coefficient (Wildman–Crippen LogP) is 4.50. The first-order valence-corrected chi connectivity index (χ1v) is 15.1. The first-order valence-electron chi connectivity index (χ1n) is 13.3. The number of ether oxygens (including phenoxy) is 3. The number of hydrogen-bond donors (Lipinski definition) is 1. The Balaban J connectivity index is 2.06. The first-order chi connectivity index (χ1) is 20.0. The third-order valence-corrected chi connectivity index (χ3v) is 8.56. The minimum absolute atomic E-state index is 0.0433. The Morgan fingerprint density at radius 2 is 1.62 bits per heavy atom. The van der Waals surface area contributed by atoms with E-state index in [2.05, 4.69) is 5.32 Å². The van der Waals surface area contributed by atoms with E-state index in [9.17, 15) is 18.0 Å². The van der Waals surface area contributed by atoms with Crippen molar-refractivity contribution in [1.29, 1.82) is 0 Å². The van der Waals surface area contributed by atoms with Gasteiger partial charge in [-0.15, -0.1) is 0 Å². The molecule has 0 aliphatic carbocycles. The molecule has 12 heteroatoms. The fraction of sp³-hybridized carbons (Fsp3) is 0.333. The van der Waals surface area contributed by atoms with E-state index in [1.165, 1.54) is 68.7 Å². The van der Waals surface area contributed by atoms with Gasteiger partial charge < -0.3 is 24.4 Å². The maximum Gasteiger partial charge on any atom is 0.264 e. The van der Waals surface area contributed by atoms with Crippen molar-refractivity contribution in [1.82, 2.24) is 10.2 Å². The molecule has 0 saturated heterocycles. The zero-order chi connectivity index (χ0) is 30.9. The van der Waals surface area contributed by atoms with Crippen molar-refractivity contribution in [2.75, 3.05) is 38.7 Å². The lowest BCUT2D eigenvalue weighted by atomic mass is 10.1. The molecular formula is C30H36ClN3O7S. The number of nitrogens with one attached hydrogen (secondary N) is 1. The van der Waals surface area contributed by atoms with Gasteiger partial charge in [0.2, 0.25) is 11.8 Å². The molecule has 3 rings (SSSR count). The molecule has 0 aromatic heterocycles. The number of methoxy groups -OCH3 is 3. The van der Waals surface area contributed by atoms with Crippen molar-refractivity contribution in [3.63, 3.8) is 0 Å². The molecule has 1 N–H and O–H groups in total. The largest absolute Gasteiger partial charge is 0.497 e. The van der Waals surface area contributed by atoms with Crippen LogP contribution in [0.25, 0.3) is 0 Å². The van der Waals surface area contributed by atoms with Gasteiger partial charge in [0.15, 0.2) is 11.5 Å². The van der Waals surface area contributed by atoms with Crippen molar-refractivity contribution in [3.05, 3.63) is 77.3 Å². The van der Waals surface area contributed by atoms with E-state index in [1.54, 1.807) is 31.2 Å². The molecule has 1 atom stereocenters. The van der Waals surface area contributed by atoms with Crippen LogP contribution in [0.3, 0.4) is 0 Å². The summed E-state index contributed by atoms with van der Waals surface area (Å²) >= 11 is 6.08. The Hall–Kier alpha value is -3.96. The van der Waals surface area contributed by atoms with E-state index < -0.39 is 28.5 Å². The van der Waals surface area contributed by atoms with Crippen molar-refractivity contribution in [2.24, 2.45) is 0 Å². The van der Waals surface area contributed by atoms with Crippen LogP contribution in [0, 0.1) is 0 Å². The van der Waals surface area contributed by atoms with Gasteiger partial charge in [-0.25, -0.2) is 8.42 Å². The second-order valence-corrected chi connectivity index (χ2v) is 11.6. The quantitative estimate of drug-likeness (QED) is 0.283. The molecule has 10 nitrogen and oxygen atoms in total. The normalized spacial score (nSPS) is 11.8. The zero-order valence-electron chi connectivity index (χ0n) is 24.3. The summed E-state index contributed by atoms with van der Waals surface area (Å²) in [5.74, 6) is 0.204. The first kappa shape index (κ1) is 32.6. The van der Waals surface area contributed by atoms with Gasteiger partial charge in [-0.1, -0.05) is 30.7 Å². The van der Waals surface area contributed by atoms with E-state index in [4.69, 9.17) is 25.8 Å². The van der Waals surface area contributed by atoms with Gasteiger partial charge in [0.05, 0.1) is 31.9 Å². The van der Waals surface area contributed by atoms with Crippen LogP contribution >= 0.6 is 11.6 Å². The molecule has 0 bridgehead atoms. The number of benzene rings is 3. The molecule has 0 aliphatic rings. The summed E-state index contributed by atoms with van der Waals surface area (Å²) in [5.41, 5.74) is 0.922. The lowest BCUT2D eigenvalue weighted by Gasteiger charge is -2.32. The minimum atomic E-state index is -4.31. The summed E-state index contributed by atoms with van der Waals surface area (Å²) in [6.45, 7) is 3.43. The predicted molar refractivity (Wildman–Crippen MR) is 162 cm³/mol. The van der Waals surface area contributed by atoms with Crippen molar-refractivity contribution < 1.29 is 32.2 Å². The molecule has 0 heterocycles. The summed E-state index contributed by atoms with van der Waals surface area (Å²) < 4.78 is 45.0. The molecule has 226 valence electrons. The molecular weight excluding hydrogens is 582 g/mol. The Morgan fingerprint density at radius 1 is 0.929 bits per heavy atom. The third-order valence-electron chi connectivity index (χ3n) is 6.54. The van der Waals surface area contributed by atoms with E-state index in [0.717, 1.165) is 10.7 Å². The highest BCUT2D eigenvalue weighted by Gasteiger charge is 2.33. The molecule has 0 fully saturated rings. The summed E-state index contributed by atoms with van der Waals surface area (Å²) in [7, 11) is 0.0663. The summed E-state index contributed by atoms with van der Waals surface area (Å²) in [6.07, 6.45) is 0.718. The molecule has 3 aromatic carbocycles. The van der Waals surface area contributed by atoms with E-state index in [1.807, 2.05) is 6.92 Å². The topological polar surface area (TPSA) is 114 Å². The smallest absolute Gasteiger partial charge is 0.264 e. The highest BCUT2D eigenvalue weighted by Crippen LogP contribution is 2.32. The lowest BCUT2D eigenvalue weighted by Crippen LogP contribution is -2.51. The van der Waals surface area contributed by atoms with E-state index >= 15 is 0 Å². The van der Waals surface area contributed by atoms with Crippen LogP contribution in [0.1, 0.15) is 25.8 Å². The van der Waals surface area contributed by atoms with Gasteiger partial charge in [-0.3, -0.25) is 13.9 Å². The third kappa shape index (κ3) is 7.86. The average molecular weight is 618 g/mol. The lowest BCUT2D eigenvalue weighted by molar-refractivity contribution is -0.139. The molecule has 0 spiro atoms. The SMILES string of the molecule is CCCNC(=O)C(C)N(Cc1cccc(OC)c1)C(=O)CN(c1ccc(Cl)cc1)S(=O)(=O)c1ccc(OC)c(OC)c1. The Morgan fingerprint density at radius 3 is 2.24 bits per heavy atom. The summed E-state index contributed by atoms with van der Waals surface area (Å²) in [4.78, 5) is 28.3. The van der Waals surface area contributed by atoms with Crippen LogP contribution in [0.4, 0.5) is 5.69 Å². The van der Waals surface area contributed by atoms with Crippen LogP contribution in [0.15, 0.2) is 71.6 Å². The zero-order valence-corrected chi connectivity index (χ0v) is 25.9. The molecule has 0 radical (unpaired) electrons. The number of carbonyl (C=O) groups is 2. The Labute approximate surface area is 252 Å². The number of amides is 2. The van der Waals surface area contributed by atoms with Crippen molar-refractivity contribution >= 4 is 39.1 Å². The molecule has 2 amide bonds. The monoisotopic (exact) mass is 617 g/mol. The molecule has 42 heavy (non-hydrogen) atoms. The van der Waals surface area contributed by atoms with Crippen molar-refractivity contribution in [2.45, 2.75) is 37.8 Å². The van der Waals surface area contributed by atoms with Gasteiger partial charge in [0.25, 0.3) is 10.0 Å². The number of nitrogens with zero attached hydrogens (tertiary/aromatic N) is 2. The number of hydrogen-bond acceptors (Lipinski definition) is 7. The molecule has 3 aromatic rings. The molecule has 1 unspecified atom stereocenters. The number of rotatable bonds is 14. The van der Waals surface area contributed by atoms with Gasteiger partial charge in [-0.05, 0) is 67.4 Å². The Kier molecular flexibility index (Phi) is 11.5. The standard InChI is InChI=1S/C30H36ClN3O7S/c1-6-16-32-30(36)21(2)33(19-22-8-7-9-25(17-22)39-3)29(35)20-34(24-12-10-23(31)11-13-24)42(37,38)26-14-15-27(40-4)28(18-26)41-5/h7-15,17-18,21H,6,16,19-20H2,1-5H3,(H,32,36). The summed E-state index contributed by atoms with van der Waals surface area (Å²) in [6, 6.07) is 16.5. The van der Waals surface area contributed by atoms with Gasteiger partial charge in [0, 0.05) is 24.2 Å². The number of halogens is 1. The van der Waals surface area contributed by atoms with Gasteiger partial charge in [0.1, 0.15) is 18.3 Å². The van der Waals surface area contributed by atoms with Crippen LogP contribution in [0.5, 0.6) is 17.2 Å². The second kappa shape index (κ2) is 14.8. The van der Waals surface area contributed by atoms with Gasteiger partial charge in [-0.2, -0.15) is 0 Å². The highest BCUT2D eigenvalue weighted by molar-refractivity contribution is 7.92. The summed E-state index contributed by atoms with van der Waals surface area (Å²) in [5, 5.41) is 3.21.